The number of esters is 1. The minimum Gasteiger partial charge on any atom is -0.483 e. The van der Waals surface area contributed by atoms with Crippen LogP contribution in [0, 0.1) is 6.92 Å². The van der Waals surface area contributed by atoms with Gasteiger partial charge in [0.1, 0.15) is 16.3 Å². The van der Waals surface area contributed by atoms with Gasteiger partial charge in [0.15, 0.2) is 17.1 Å². The molecule has 0 radical (unpaired) electrons. The van der Waals surface area contributed by atoms with Crippen LogP contribution in [0.3, 0.4) is 0 Å². The summed E-state index contributed by atoms with van der Waals surface area (Å²) in [5.74, 6) is 0.778. The first-order chi connectivity index (χ1) is 17.9. The number of aromatic nitrogens is 3. The summed E-state index contributed by atoms with van der Waals surface area (Å²) in [4.78, 5) is 25.5. The second-order valence-corrected chi connectivity index (χ2v) is 10.0. The Morgan fingerprint density at radius 3 is 2.51 bits per heavy atom. The Kier molecular flexibility index (Phi) is 8.62. The number of amides is 1. The topological polar surface area (TPSA) is 95.3 Å². The highest BCUT2D eigenvalue weighted by atomic mass is 32.2. The molecule has 1 unspecified atom stereocenters. The van der Waals surface area contributed by atoms with Crippen LogP contribution in [0.4, 0.5) is 5.00 Å². The zero-order valence-electron chi connectivity index (χ0n) is 21.1. The predicted octanol–water partition coefficient (Wildman–Crippen LogP) is 5.99. The van der Waals surface area contributed by atoms with Crippen molar-refractivity contribution in [1.82, 2.24) is 14.8 Å². The molecule has 0 fully saturated rings. The number of carbonyl (C=O) groups is 2. The highest BCUT2D eigenvalue weighted by Gasteiger charge is 2.23. The molecule has 1 atom stereocenters. The van der Waals surface area contributed by atoms with Crippen molar-refractivity contribution in [2.24, 2.45) is 0 Å². The fourth-order valence-electron chi connectivity index (χ4n) is 3.75. The van der Waals surface area contributed by atoms with Crippen LogP contribution in [0.25, 0.3) is 11.1 Å². The number of nitrogens with one attached hydrogen (secondary N) is 1. The standard InChI is InChI=1S/C27H28N4O4S2/c1-5-31-24(18(3)35-20-9-7-6-8-10-20)29-30-27(31)37-16-22(32)28-25-23(26(33)34-4)21(15-36-25)19-13-11-17(2)12-14-19/h6-15,18H,5,16H2,1-4H3,(H,28,32). The molecular formula is C27H28N4O4S2. The number of hydrogen-bond acceptors (Lipinski definition) is 8. The molecule has 0 spiro atoms. The summed E-state index contributed by atoms with van der Waals surface area (Å²) in [7, 11) is 1.33. The lowest BCUT2D eigenvalue weighted by Gasteiger charge is -2.15. The number of para-hydroxylation sites is 1. The summed E-state index contributed by atoms with van der Waals surface area (Å²) in [5, 5.41) is 14.4. The molecule has 4 aromatic rings. The molecule has 192 valence electrons. The van der Waals surface area contributed by atoms with E-state index in [4.69, 9.17) is 9.47 Å². The van der Waals surface area contributed by atoms with Crippen LogP contribution < -0.4 is 10.1 Å². The van der Waals surface area contributed by atoms with Gasteiger partial charge in [-0.05, 0) is 38.5 Å². The molecule has 0 aliphatic rings. The molecule has 37 heavy (non-hydrogen) atoms. The maximum Gasteiger partial charge on any atom is 0.341 e. The molecule has 8 nitrogen and oxygen atoms in total. The number of benzene rings is 2. The van der Waals surface area contributed by atoms with Crippen molar-refractivity contribution in [3.05, 3.63) is 76.9 Å². The molecule has 1 amide bonds. The third-order valence-electron chi connectivity index (χ3n) is 5.61. The van der Waals surface area contributed by atoms with Gasteiger partial charge in [0, 0.05) is 17.5 Å². The molecule has 2 aromatic heterocycles. The number of nitrogens with zero attached hydrogens (tertiary/aromatic N) is 3. The Morgan fingerprint density at radius 1 is 1.11 bits per heavy atom. The highest BCUT2D eigenvalue weighted by molar-refractivity contribution is 7.99. The molecule has 1 N–H and O–H groups in total. The van der Waals surface area contributed by atoms with Gasteiger partial charge in [-0.1, -0.05) is 59.8 Å². The predicted molar refractivity (Wildman–Crippen MR) is 146 cm³/mol. The molecule has 2 aromatic carbocycles. The van der Waals surface area contributed by atoms with Crippen molar-refractivity contribution >= 4 is 40.0 Å². The van der Waals surface area contributed by atoms with Gasteiger partial charge >= 0.3 is 5.97 Å². The van der Waals surface area contributed by atoms with Gasteiger partial charge in [0.25, 0.3) is 0 Å². The summed E-state index contributed by atoms with van der Waals surface area (Å²) >= 11 is 2.57. The quantitative estimate of drug-likeness (QED) is 0.196. The van der Waals surface area contributed by atoms with E-state index < -0.39 is 5.97 Å². The number of aryl methyl sites for hydroxylation is 1. The number of thiophene rings is 1. The Morgan fingerprint density at radius 2 is 1.84 bits per heavy atom. The summed E-state index contributed by atoms with van der Waals surface area (Å²) in [6, 6.07) is 17.4. The molecular weight excluding hydrogens is 508 g/mol. The van der Waals surface area contributed by atoms with Crippen LogP contribution in [0.2, 0.25) is 0 Å². The van der Waals surface area contributed by atoms with Gasteiger partial charge in [-0.15, -0.1) is 21.5 Å². The van der Waals surface area contributed by atoms with Crippen molar-refractivity contribution in [3.8, 4) is 16.9 Å². The Labute approximate surface area is 224 Å². The highest BCUT2D eigenvalue weighted by Crippen LogP contribution is 2.36. The van der Waals surface area contributed by atoms with E-state index >= 15 is 0 Å². The minimum absolute atomic E-state index is 0.102. The first kappa shape index (κ1) is 26.4. The first-order valence-corrected chi connectivity index (χ1v) is 13.6. The number of carbonyl (C=O) groups excluding carboxylic acids is 2. The first-order valence-electron chi connectivity index (χ1n) is 11.8. The smallest absolute Gasteiger partial charge is 0.341 e. The number of ether oxygens (including phenoxy) is 2. The van der Waals surface area contributed by atoms with Crippen LogP contribution in [0.15, 0.2) is 65.1 Å². The van der Waals surface area contributed by atoms with Crippen LogP contribution in [0.5, 0.6) is 5.75 Å². The lowest BCUT2D eigenvalue weighted by molar-refractivity contribution is -0.113. The molecule has 4 rings (SSSR count). The van der Waals surface area contributed by atoms with E-state index in [9.17, 15) is 9.59 Å². The second kappa shape index (κ2) is 12.1. The number of anilines is 1. The SMILES string of the molecule is CCn1c(SCC(=O)Nc2scc(-c3ccc(C)cc3)c2C(=O)OC)nnc1C(C)Oc1ccccc1. The van der Waals surface area contributed by atoms with Gasteiger partial charge in [-0.3, -0.25) is 4.79 Å². The van der Waals surface area contributed by atoms with E-state index in [-0.39, 0.29) is 17.8 Å². The van der Waals surface area contributed by atoms with E-state index in [0.717, 1.165) is 22.4 Å². The molecule has 0 bridgehead atoms. The molecule has 0 aliphatic heterocycles. The molecule has 0 aliphatic carbocycles. The van der Waals surface area contributed by atoms with Gasteiger partial charge in [-0.2, -0.15) is 0 Å². The summed E-state index contributed by atoms with van der Waals surface area (Å²) < 4.78 is 12.9. The normalized spacial score (nSPS) is 11.7. The monoisotopic (exact) mass is 536 g/mol. The van der Waals surface area contributed by atoms with Crippen molar-refractivity contribution < 1.29 is 19.1 Å². The van der Waals surface area contributed by atoms with E-state index in [1.165, 1.54) is 30.2 Å². The van der Waals surface area contributed by atoms with Crippen LogP contribution in [0.1, 0.15) is 41.7 Å². The van der Waals surface area contributed by atoms with Crippen LogP contribution in [-0.2, 0) is 16.1 Å². The number of methoxy groups -OCH3 is 1. The lowest BCUT2D eigenvalue weighted by Crippen LogP contribution is -2.17. The zero-order valence-corrected chi connectivity index (χ0v) is 22.7. The Bertz CT molecular complexity index is 1370. The number of thioether (sulfide) groups is 1. The molecule has 10 heteroatoms. The minimum atomic E-state index is -0.498. The van der Waals surface area contributed by atoms with Crippen LogP contribution in [-0.4, -0.2) is 39.5 Å². The fourth-order valence-corrected chi connectivity index (χ4v) is 5.54. The molecule has 0 saturated heterocycles. The van der Waals surface area contributed by atoms with Crippen molar-refractivity contribution in [2.45, 2.75) is 38.6 Å². The summed E-state index contributed by atoms with van der Waals surface area (Å²) in [5.41, 5.74) is 3.07. The Hall–Kier alpha value is -3.63. The lowest BCUT2D eigenvalue weighted by atomic mass is 10.0. The number of hydrogen-bond donors (Lipinski definition) is 1. The fraction of sp³-hybridized carbons (Fsp3) is 0.259. The summed E-state index contributed by atoms with van der Waals surface area (Å²) in [6.07, 6.45) is -0.313. The average Bonchev–Trinajstić information content (AvgIpc) is 3.52. The van der Waals surface area contributed by atoms with E-state index in [2.05, 4.69) is 15.5 Å². The van der Waals surface area contributed by atoms with Crippen molar-refractivity contribution in [3.63, 3.8) is 0 Å². The van der Waals surface area contributed by atoms with Gasteiger partial charge in [0.2, 0.25) is 5.91 Å². The van der Waals surface area contributed by atoms with Crippen molar-refractivity contribution in [1.29, 1.82) is 0 Å². The number of rotatable bonds is 10. The van der Waals surface area contributed by atoms with E-state index in [1.54, 1.807) is 0 Å². The molecule has 2 heterocycles. The second-order valence-electron chi connectivity index (χ2n) is 8.21. The third-order valence-corrected chi connectivity index (χ3v) is 7.47. The molecule has 0 saturated carbocycles. The maximum atomic E-state index is 12.9. The zero-order chi connectivity index (χ0) is 26.4. The van der Waals surface area contributed by atoms with E-state index in [0.29, 0.717) is 28.1 Å². The Balaban J connectivity index is 1.45. The van der Waals surface area contributed by atoms with Crippen LogP contribution >= 0.6 is 23.1 Å². The largest absolute Gasteiger partial charge is 0.483 e. The average molecular weight is 537 g/mol. The third kappa shape index (κ3) is 6.20. The van der Waals surface area contributed by atoms with Gasteiger partial charge in [0.05, 0.1) is 12.9 Å². The van der Waals surface area contributed by atoms with Gasteiger partial charge in [-0.25, -0.2) is 4.79 Å². The summed E-state index contributed by atoms with van der Waals surface area (Å²) in [6.45, 7) is 6.54. The van der Waals surface area contributed by atoms with E-state index in [1.807, 2.05) is 85.3 Å². The maximum absolute atomic E-state index is 12.9. The van der Waals surface area contributed by atoms with Gasteiger partial charge < -0.3 is 19.4 Å². The van der Waals surface area contributed by atoms with Crippen molar-refractivity contribution in [2.75, 3.05) is 18.2 Å².